The van der Waals surface area contributed by atoms with Crippen LogP contribution in [0.3, 0.4) is 0 Å². The highest BCUT2D eigenvalue weighted by atomic mass is 16.2. The van der Waals surface area contributed by atoms with Gasteiger partial charge in [0.2, 0.25) is 0 Å². The molecule has 5 nitrogen and oxygen atoms in total. The first-order valence-electron chi connectivity index (χ1n) is 7.84. The van der Waals surface area contributed by atoms with Crippen LogP contribution in [0.1, 0.15) is 19.4 Å². The van der Waals surface area contributed by atoms with Crippen molar-refractivity contribution in [3.63, 3.8) is 0 Å². The summed E-state index contributed by atoms with van der Waals surface area (Å²) in [6, 6.07) is 10.6. The molecule has 0 radical (unpaired) electrons. The average Bonchev–Trinajstić information content (AvgIpc) is 2.52. The third-order valence-corrected chi connectivity index (χ3v) is 4.69. The number of hydrogen-bond acceptors (Lipinski definition) is 3. The predicted octanol–water partition coefficient (Wildman–Crippen LogP) is 0.607. The van der Waals surface area contributed by atoms with E-state index in [1.807, 2.05) is 6.07 Å². The van der Waals surface area contributed by atoms with Gasteiger partial charge in [0, 0.05) is 38.1 Å². The Kier molecular flexibility index (Phi) is 3.91. The highest BCUT2D eigenvalue weighted by molar-refractivity contribution is 6.35. The van der Waals surface area contributed by atoms with Crippen LogP contribution in [0.5, 0.6) is 0 Å². The topological polar surface area (TPSA) is 52.7 Å². The van der Waals surface area contributed by atoms with Crippen molar-refractivity contribution in [1.29, 1.82) is 0 Å². The van der Waals surface area contributed by atoms with Gasteiger partial charge in [-0.2, -0.15) is 0 Å². The summed E-state index contributed by atoms with van der Waals surface area (Å²) in [5.74, 6) is -0.840. The summed E-state index contributed by atoms with van der Waals surface area (Å²) in [6.07, 6.45) is 0. The summed E-state index contributed by atoms with van der Waals surface area (Å²) in [7, 11) is 0. The van der Waals surface area contributed by atoms with Crippen molar-refractivity contribution in [2.24, 2.45) is 0 Å². The van der Waals surface area contributed by atoms with Gasteiger partial charge in [-0.05, 0) is 5.56 Å². The third kappa shape index (κ3) is 2.86. The molecule has 1 aromatic carbocycles. The minimum Gasteiger partial charge on any atom is -0.346 e. The Morgan fingerprint density at radius 3 is 2.64 bits per heavy atom. The first-order chi connectivity index (χ1) is 10.5. The Hall–Kier alpha value is -1.88. The molecule has 0 unspecified atom stereocenters. The van der Waals surface area contributed by atoms with Crippen molar-refractivity contribution in [1.82, 2.24) is 15.1 Å². The molecule has 118 valence electrons. The zero-order valence-corrected chi connectivity index (χ0v) is 13.2. The predicted molar refractivity (Wildman–Crippen MR) is 84.4 cm³/mol. The summed E-state index contributed by atoms with van der Waals surface area (Å²) in [6.45, 7) is 8.30. The molecule has 2 saturated heterocycles. The molecule has 2 heterocycles. The Bertz CT molecular complexity index is 571. The zero-order chi connectivity index (χ0) is 15.7. The minimum atomic E-state index is -0.464. The largest absolute Gasteiger partial charge is 0.346 e. The molecular weight excluding hydrogens is 278 g/mol. The van der Waals surface area contributed by atoms with Gasteiger partial charge >= 0.3 is 11.8 Å². The number of nitrogens with one attached hydrogen (secondary N) is 1. The van der Waals surface area contributed by atoms with Crippen molar-refractivity contribution in [3.05, 3.63) is 35.9 Å². The van der Waals surface area contributed by atoms with Crippen molar-refractivity contribution >= 4 is 11.8 Å². The molecule has 5 heteroatoms. The number of benzene rings is 1. The van der Waals surface area contributed by atoms with Gasteiger partial charge < -0.3 is 10.2 Å². The van der Waals surface area contributed by atoms with Crippen LogP contribution in [0.4, 0.5) is 0 Å². The van der Waals surface area contributed by atoms with E-state index in [0.717, 1.165) is 19.6 Å². The van der Waals surface area contributed by atoms with E-state index in [2.05, 4.69) is 48.3 Å². The SMILES string of the molecule is CC(C)(CN1CCN2C(=O)C(=O)NC[C@@H]2C1)c1ccccc1. The van der Waals surface area contributed by atoms with Crippen molar-refractivity contribution in [2.75, 3.05) is 32.7 Å². The molecule has 3 rings (SSSR count). The van der Waals surface area contributed by atoms with E-state index in [1.165, 1.54) is 5.56 Å². The maximum atomic E-state index is 11.9. The zero-order valence-electron chi connectivity index (χ0n) is 13.2. The van der Waals surface area contributed by atoms with Gasteiger partial charge in [0.25, 0.3) is 0 Å². The molecule has 2 aliphatic heterocycles. The Labute approximate surface area is 131 Å². The normalized spacial score (nSPS) is 23.2. The van der Waals surface area contributed by atoms with Gasteiger partial charge in [-0.25, -0.2) is 0 Å². The summed E-state index contributed by atoms with van der Waals surface area (Å²) in [4.78, 5) is 27.4. The first kappa shape index (κ1) is 15.0. The molecule has 0 aromatic heterocycles. The maximum Gasteiger partial charge on any atom is 0.312 e. The number of piperazine rings is 2. The third-order valence-electron chi connectivity index (χ3n) is 4.69. The lowest BCUT2D eigenvalue weighted by Crippen LogP contribution is -2.66. The lowest BCUT2D eigenvalue weighted by molar-refractivity contribution is -0.152. The van der Waals surface area contributed by atoms with E-state index >= 15 is 0 Å². The van der Waals surface area contributed by atoms with Crippen molar-refractivity contribution in [2.45, 2.75) is 25.3 Å². The van der Waals surface area contributed by atoms with E-state index in [0.29, 0.717) is 13.1 Å². The molecule has 2 fully saturated rings. The number of nitrogens with zero attached hydrogens (tertiary/aromatic N) is 2. The Morgan fingerprint density at radius 2 is 1.91 bits per heavy atom. The second kappa shape index (κ2) is 5.72. The van der Waals surface area contributed by atoms with Crippen LogP contribution in [-0.2, 0) is 15.0 Å². The van der Waals surface area contributed by atoms with Gasteiger partial charge in [0.05, 0.1) is 6.04 Å². The van der Waals surface area contributed by atoms with Crippen LogP contribution in [0.15, 0.2) is 30.3 Å². The van der Waals surface area contributed by atoms with Gasteiger partial charge in [0.1, 0.15) is 0 Å². The summed E-state index contributed by atoms with van der Waals surface area (Å²) < 4.78 is 0. The van der Waals surface area contributed by atoms with Crippen LogP contribution in [-0.4, -0.2) is 60.4 Å². The fourth-order valence-corrected chi connectivity index (χ4v) is 3.46. The van der Waals surface area contributed by atoms with Crippen molar-refractivity contribution < 1.29 is 9.59 Å². The summed E-state index contributed by atoms with van der Waals surface area (Å²) in [5, 5.41) is 2.69. The van der Waals surface area contributed by atoms with Crippen LogP contribution in [0, 0.1) is 0 Å². The second-order valence-electron chi connectivity index (χ2n) is 6.85. The van der Waals surface area contributed by atoms with Gasteiger partial charge in [-0.15, -0.1) is 0 Å². The highest BCUT2D eigenvalue weighted by Gasteiger charge is 2.38. The molecule has 0 aliphatic carbocycles. The fourth-order valence-electron chi connectivity index (χ4n) is 3.46. The Morgan fingerprint density at radius 1 is 1.18 bits per heavy atom. The lowest BCUT2D eigenvalue weighted by Gasteiger charge is -2.45. The molecule has 22 heavy (non-hydrogen) atoms. The number of carbonyl (C=O) groups is 2. The van der Waals surface area contributed by atoms with E-state index in [1.54, 1.807) is 4.90 Å². The lowest BCUT2D eigenvalue weighted by atomic mass is 9.84. The molecule has 0 bridgehead atoms. The highest BCUT2D eigenvalue weighted by Crippen LogP contribution is 2.25. The van der Waals surface area contributed by atoms with E-state index < -0.39 is 5.91 Å². The number of carbonyl (C=O) groups excluding carboxylic acids is 2. The molecule has 1 aromatic rings. The minimum absolute atomic E-state index is 0.0609. The van der Waals surface area contributed by atoms with Crippen LogP contribution >= 0.6 is 0 Å². The van der Waals surface area contributed by atoms with Gasteiger partial charge in [-0.1, -0.05) is 44.2 Å². The molecular formula is C17H23N3O2. The van der Waals surface area contributed by atoms with E-state index in [-0.39, 0.29) is 17.4 Å². The maximum absolute atomic E-state index is 11.9. The fraction of sp³-hybridized carbons (Fsp3) is 0.529. The standard InChI is InChI=1S/C17H23N3O2/c1-17(2,13-6-4-3-5-7-13)12-19-8-9-20-14(11-19)10-18-15(21)16(20)22/h3-7,14H,8-12H2,1-2H3,(H,18,21)/t14-/m1/s1. The summed E-state index contributed by atoms with van der Waals surface area (Å²) in [5.41, 5.74) is 1.39. The number of rotatable bonds is 3. The van der Waals surface area contributed by atoms with E-state index in [9.17, 15) is 9.59 Å². The first-order valence-corrected chi connectivity index (χ1v) is 7.84. The molecule has 2 amide bonds. The van der Waals surface area contributed by atoms with E-state index in [4.69, 9.17) is 0 Å². The number of amides is 2. The average molecular weight is 301 g/mol. The molecule has 0 saturated carbocycles. The van der Waals surface area contributed by atoms with Crippen molar-refractivity contribution in [3.8, 4) is 0 Å². The van der Waals surface area contributed by atoms with Crippen LogP contribution < -0.4 is 5.32 Å². The molecule has 1 N–H and O–H groups in total. The van der Waals surface area contributed by atoms with Crippen LogP contribution in [0.2, 0.25) is 0 Å². The molecule has 2 aliphatic rings. The summed E-state index contributed by atoms with van der Waals surface area (Å²) >= 11 is 0. The van der Waals surface area contributed by atoms with Crippen LogP contribution in [0.25, 0.3) is 0 Å². The van der Waals surface area contributed by atoms with Gasteiger partial charge in [0.15, 0.2) is 0 Å². The number of hydrogen-bond donors (Lipinski definition) is 1. The molecule has 0 spiro atoms. The Balaban J connectivity index is 1.66. The number of fused-ring (bicyclic) bond motifs is 1. The van der Waals surface area contributed by atoms with Gasteiger partial charge in [-0.3, -0.25) is 14.5 Å². The smallest absolute Gasteiger partial charge is 0.312 e. The quantitative estimate of drug-likeness (QED) is 0.832. The second-order valence-corrected chi connectivity index (χ2v) is 6.85. The molecule has 1 atom stereocenters. The monoisotopic (exact) mass is 301 g/mol.